The number of hydrogen-bond acceptors (Lipinski definition) is 1. The molecule has 1 nitrogen and oxygen atoms in total. The van der Waals surface area contributed by atoms with E-state index in [0.29, 0.717) is 0 Å². The number of nitrogens with zero attached hydrogens (tertiary/aromatic N) is 1. The molecule has 0 bridgehead atoms. The average Bonchev–Trinajstić information content (AvgIpc) is 3.96. The second kappa shape index (κ2) is 13.4. The summed E-state index contributed by atoms with van der Waals surface area (Å²) in [6.07, 6.45) is 6.22. The number of fused-ring (bicyclic) bond motifs is 12. The molecule has 4 aliphatic rings. The predicted molar refractivity (Wildman–Crippen MR) is 259 cm³/mol. The fourth-order valence-electron chi connectivity index (χ4n) is 11.9. The third kappa shape index (κ3) is 5.09. The Morgan fingerprint density at radius 1 is 0.419 bits per heavy atom. The Morgan fingerprint density at radius 2 is 0.952 bits per heavy atom. The van der Waals surface area contributed by atoms with Gasteiger partial charge in [-0.05, 0) is 138 Å². The van der Waals surface area contributed by atoms with Crippen LogP contribution < -0.4 is 4.90 Å². The predicted octanol–water partition coefficient (Wildman–Crippen LogP) is 16.0. The first-order valence-corrected chi connectivity index (χ1v) is 22.3. The van der Waals surface area contributed by atoms with E-state index >= 15 is 0 Å². The summed E-state index contributed by atoms with van der Waals surface area (Å²) in [5.41, 5.74) is 21.9. The molecule has 4 aliphatic carbocycles. The zero-order chi connectivity index (χ0) is 41.0. The molecule has 0 amide bonds. The molecular formula is C61H45N. The lowest BCUT2D eigenvalue weighted by molar-refractivity contribution is 0.410. The number of hydrogen-bond donors (Lipinski definition) is 0. The van der Waals surface area contributed by atoms with Gasteiger partial charge < -0.3 is 4.90 Å². The third-order valence-electron chi connectivity index (χ3n) is 14.8. The Hall–Kier alpha value is -7.22. The Kier molecular flexibility index (Phi) is 7.67. The highest BCUT2D eigenvalue weighted by molar-refractivity contribution is 6.00. The molecule has 2 atom stereocenters. The van der Waals surface area contributed by atoms with E-state index in [1.54, 1.807) is 5.57 Å². The molecule has 9 aromatic carbocycles. The molecule has 0 heterocycles. The van der Waals surface area contributed by atoms with E-state index in [9.17, 15) is 0 Å². The van der Waals surface area contributed by atoms with Gasteiger partial charge in [-0.3, -0.25) is 0 Å². The molecule has 0 N–H and O–H groups in total. The summed E-state index contributed by atoms with van der Waals surface area (Å²) in [4.78, 5) is 2.49. The fourth-order valence-corrected chi connectivity index (χ4v) is 11.9. The minimum Gasteiger partial charge on any atom is -0.310 e. The Bertz CT molecular complexity index is 3230. The summed E-state index contributed by atoms with van der Waals surface area (Å²) < 4.78 is 0. The molecular weight excluding hydrogens is 747 g/mol. The van der Waals surface area contributed by atoms with Crippen LogP contribution in [0.1, 0.15) is 54.0 Å². The molecule has 62 heavy (non-hydrogen) atoms. The molecule has 0 aromatic heterocycles. The van der Waals surface area contributed by atoms with Gasteiger partial charge in [0.1, 0.15) is 0 Å². The standard InChI is InChI=1S/C61H45N/c1-60(36-35-42-37-43(42)39-60)54-34-33-46(48-18-5-6-19-49(48)54)41-27-29-44(30-28-41)62(59-26-14-10-17-47(59)40-15-3-2-4-16-40)45-31-32-53-52-22-9-13-25-57(52)61(58(53)38-45)55-23-11-7-20-50(55)51-21-8-12-24-56(51)61/h2-35,38,43H,36-37,39H2,1H3. The molecule has 1 spiro atoms. The van der Waals surface area contributed by atoms with Gasteiger partial charge in [-0.15, -0.1) is 0 Å². The van der Waals surface area contributed by atoms with Crippen molar-refractivity contribution in [3.8, 4) is 44.5 Å². The van der Waals surface area contributed by atoms with Crippen molar-refractivity contribution in [3.63, 3.8) is 0 Å². The van der Waals surface area contributed by atoms with E-state index in [-0.39, 0.29) is 5.41 Å². The summed E-state index contributed by atoms with van der Waals surface area (Å²) in [5.74, 6) is 0.783. The van der Waals surface area contributed by atoms with E-state index < -0.39 is 5.41 Å². The van der Waals surface area contributed by atoms with Crippen LogP contribution in [0.25, 0.3) is 55.3 Å². The maximum absolute atomic E-state index is 2.53. The molecule has 294 valence electrons. The summed E-state index contributed by atoms with van der Waals surface area (Å²) in [7, 11) is 0. The SMILES string of the molecule is CC1(c2ccc(-c3ccc(N(c4ccc5c(c4)C4(c6ccccc6-c6ccccc64)c4ccccc4-5)c4ccccc4-c4ccccc4)cc3)c3ccccc23)CC=C2CC2C1. The Balaban J connectivity index is 0.993. The van der Waals surface area contributed by atoms with E-state index in [1.165, 1.54) is 95.9 Å². The van der Waals surface area contributed by atoms with Crippen LogP contribution in [0.3, 0.4) is 0 Å². The number of benzene rings is 9. The molecule has 0 radical (unpaired) electrons. The molecule has 0 saturated heterocycles. The van der Waals surface area contributed by atoms with Gasteiger partial charge in [0.2, 0.25) is 0 Å². The van der Waals surface area contributed by atoms with Crippen molar-refractivity contribution in [1.29, 1.82) is 0 Å². The van der Waals surface area contributed by atoms with E-state index in [4.69, 9.17) is 0 Å². The molecule has 2 unspecified atom stereocenters. The Labute approximate surface area is 364 Å². The largest absolute Gasteiger partial charge is 0.310 e. The van der Waals surface area contributed by atoms with Crippen molar-refractivity contribution in [3.05, 3.63) is 246 Å². The molecule has 1 heteroatoms. The second-order valence-corrected chi connectivity index (χ2v) is 18.2. The van der Waals surface area contributed by atoms with Crippen LogP contribution in [0.15, 0.2) is 218 Å². The highest BCUT2D eigenvalue weighted by atomic mass is 15.1. The highest BCUT2D eigenvalue weighted by Gasteiger charge is 2.51. The van der Waals surface area contributed by atoms with Gasteiger partial charge in [-0.1, -0.05) is 194 Å². The summed E-state index contributed by atoms with van der Waals surface area (Å²) in [6, 6.07) is 77.5. The average molecular weight is 792 g/mol. The van der Waals surface area contributed by atoms with Gasteiger partial charge in [0.05, 0.1) is 11.1 Å². The summed E-state index contributed by atoms with van der Waals surface area (Å²) in [6.45, 7) is 2.49. The zero-order valence-corrected chi connectivity index (χ0v) is 34.9. The van der Waals surface area contributed by atoms with Crippen LogP contribution in [0.5, 0.6) is 0 Å². The second-order valence-electron chi connectivity index (χ2n) is 18.2. The number of rotatable bonds is 6. The van der Waals surface area contributed by atoms with Crippen molar-refractivity contribution in [2.24, 2.45) is 5.92 Å². The normalized spacial score (nSPS) is 18.3. The first kappa shape index (κ1) is 35.5. The lowest BCUT2D eigenvalue weighted by atomic mass is 9.70. The molecule has 13 rings (SSSR count). The van der Waals surface area contributed by atoms with E-state index in [2.05, 4.69) is 224 Å². The van der Waals surface area contributed by atoms with Gasteiger partial charge in [0, 0.05) is 16.9 Å². The van der Waals surface area contributed by atoms with Crippen LogP contribution >= 0.6 is 0 Å². The van der Waals surface area contributed by atoms with Crippen molar-refractivity contribution in [2.45, 2.75) is 37.0 Å². The first-order valence-electron chi connectivity index (χ1n) is 22.3. The van der Waals surface area contributed by atoms with Crippen molar-refractivity contribution >= 4 is 27.8 Å². The number of para-hydroxylation sites is 1. The maximum Gasteiger partial charge on any atom is 0.0726 e. The molecule has 1 saturated carbocycles. The highest BCUT2D eigenvalue weighted by Crippen LogP contribution is 2.63. The minimum atomic E-state index is -0.428. The molecule has 1 fully saturated rings. The number of anilines is 3. The molecule has 9 aromatic rings. The lowest BCUT2D eigenvalue weighted by Gasteiger charge is -2.33. The monoisotopic (exact) mass is 791 g/mol. The van der Waals surface area contributed by atoms with Crippen LogP contribution in [0.2, 0.25) is 0 Å². The van der Waals surface area contributed by atoms with Gasteiger partial charge in [0.25, 0.3) is 0 Å². The van der Waals surface area contributed by atoms with Gasteiger partial charge >= 0.3 is 0 Å². The fraction of sp³-hybridized carbons (Fsp3) is 0.115. The first-order chi connectivity index (χ1) is 30.6. The summed E-state index contributed by atoms with van der Waals surface area (Å²) in [5, 5.41) is 2.71. The smallest absolute Gasteiger partial charge is 0.0726 e. The van der Waals surface area contributed by atoms with Crippen LogP contribution in [-0.2, 0) is 10.8 Å². The maximum atomic E-state index is 2.53. The zero-order valence-electron chi connectivity index (χ0n) is 34.9. The van der Waals surface area contributed by atoms with Crippen molar-refractivity contribution in [1.82, 2.24) is 0 Å². The summed E-state index contributed by atoms with van der Waals surface area (Å²) >= 11 is 0. The van der Waals surface area contributed by atoms with Crippen LogP contribution in [-0.4, -0.2) is 0 Å². The van der Waals surface area contributed by atoms with E-state index in [0.717, 1.165) is 29.4 Å². The van der Waals surface area contributed by atoms with Crippen LogP contribution in [0.4, 0.5) is 17.1 Å². The minimum absolute atomic E-state index is 0.164. The van der Waals surface area contributed by atoms with Gasteiger partial charge in [0.15, 0.2) is 0 Å². The third-order valence-corrected chi connectivity index (χ3v) is 14.8. The van der Waals surface area contributed by atoms with Crippen molar-refractivity contribution in [2.75, 3.05) is 4.90 Å². The molecule has 0 aliphatic heterocycles. The van der Waals surface area contributed by atoms with Gasteiger partial charge in [-0.25, -0.2) is 0 Å². The van der Waals surface area contributed by atoms with Crippen LogP contribution in [0, 0.1) is 5.92 Å². The quantitative estimate of drug-likeness (QED) is 0.152. The lowest BCUT2D eigenvalue weighted by Crippen LogP contribution is -2.26. The topological polar surface area (TPSA) is 3.24 Å². The van der Waals surface area contributed by atoms with E-state index in [1.807, 2.05) is 0 Å². The van der Waals surface area contributed by atoms with Gasteiger partial charge in [-0.2, -0.15) is 0 Å². The Morgan fingerprint density at radius 3 is 1.63 bits per heavy atom. The van der Waals surface area contributed by atoms with Crippen molar-refractivity contribution < 1.29 is 0 Å². The number of allylic oxidation sites excluding steroid dienone is 2.